The molecule has 0 bridgehead atoms. The molecule has 19 heavy (non-hydrogen) atoms. The molecule has 0 aliphatic carbocycles. The predicted molar refractivity (Wildman–Crippen MR) is 73.1 cm³/mol. The Morgan fingerprint density at radius 1 is 1.37 bits per heavy atom. The van der Waals surface area contributed by atoms with Crippen molar-refractivity contribution in [3.63, 3.8) is 0 Å². The van der Waals surface area contributed by atoms with E-state index in [-0.39, 0.29) is 12.3 Å². The van der Waals surface area contributed by atoms with Gasteiger partial charge < -0.3 is 10.4 Å². The number of carboxylic acids is 1. The summed E-state index contributed by atoms with van der Waals surface area (Å²) < 4.78 is 0. The molecule has 0 saturated carbocycles. The molecule has 0 aliphatic rings. The summed E-state index contributed by atoms with van der Waals surface area (Å²) in [6, 6.07) is 0. The van der Waals surface area contributed by atoms with Crippen molar-refractivity contribution in [1.29, 1.82) is 0 Å². The highest BCUT2D eigenvalue weighted by Crippen LogP contribution is 2.23. The molecule has 0 fully saturated rings. The summed E-state index contributed by atoms with van der Waals surface area (Å²) in [5.74, 6) is -0.887. The number of nitrogens with one attached hydrogen (secondary N) is 1. The van der Waals surface area contributed by atoms with E-state index in [4.69, 9.17) is 5.11 Å². The number of nitrogens with zero attached hydrogens (tertiary/aromatic N) is 2. The van der Waals surface area contributed by atoms with Crippen LogP contribution < -0.4 is 5.32 Å². The van der Waals surface area contributed by atoms with Gasteiger partial charge in [-0.2, -0.15) is 0 Å². The summed E-state index contributed by atoms with van der Waals surface area (Å²) in [6.45, 7) is 7.18. The van der Waals surface area contributed by atoms with Crippen LogP contribution in [0.4, 0.5) is 5.13 Å². The van der Waals surface area contributed by atoms with E-state index in [1.165, 1.54) is 25.2 Å². The molecule has 0 spiro atoms. The zero-order valence-corrected chi connectivity index (χ0v) is 12.4. The van der Waals surface area contributed by atoms with Crippen LogP contribution in [-0.4, -0.2) is 27.2 Å². The third kappa shape index (κ3) is 4.94. The first kappa shape index (κ1) is 15.6. The first-order valence-corrected chi connectivity index (χ1v) is 6.88. The van der Waals surface area contributed by atoms with Gasteiger partial charge >= 0.3 is 5.97 Å². The summed E-state index contributed by atoms with van der Waals surface area (Å²) in [7, 11) is 0. The molecule has 1 aromatic heterocycles. The predicted octanol–water partition coefficient (Wildman–Crippen LogP) is 2.18. The van der Waals surface area contributed by atoms with Crippen LogP contribution in [0.3, 0.4) is 0 Å². The lowest BCUT2D eigenvalue weighted by atomic mass is 9.89. The first-order valence-electron chi connectivity index (χ1n) is 6.06. The molecule has 0 aromatic carbocycles. The van der Waals surface area contributed by atoms with Crippen molar-refractivity contribution in [1.82, 2.24) is 10.2 Å². The van der Waals surface area contributed by atoms with Crippen LogP contribution in [0.25, 0.3) is 0 Å². The van der Waals surface area contributed by atoms with Gasteiger partial charge in [-0.25, -0.2) is 0 Å². The summed E-state index contributed by atoms with van der Waals surface area (Å²) >= 11 is 1.32. The molecule has 0 radical (unpaired) electrons. The van der Waals surface area contributed by atoms with E-state index in [0.717, 1.165) is 11.4 Å². The fourth-order valence-corrected chi connectivity index (χ4v) is 2.34. The molecule has 0 saturated heterocycles. The van der Waals surface area contributed by atoms with E-state index in [1.54, 1.807) is 0 Å². The molecular formula is C12H19N3O3S. The standard InChI is InChI=1S/C12H19N3O3S/c1-7(2)5-9-14-15-11(19-9)13-8(16)6-12(3,4)10(17)18/h7H,5-6H2,1-4H3,(H,17,18)(H,13,15,16). The van der Waals surface area contributed by atoms with Gasteiger partial charge in [0.2, 0.25) is 11.0 Å². The lowest BCUT2D eigenvalue weighted by molar-refractivity contribution is -0.148. The minimum absolute atomic E-state index is 0.0958. The quantitative estimate of drug-likeness (QED) is 0.835. The number of carbonyl (C=O) groups excluding carboxylic acids is 1. The molecule has 1 heterocycles. The smallest absolute Gasteiger partial charge is 0.309 e. The highest BCUT2D eigenvalue weighted by atomic mass is 32.1. The van der Waals surface area contributed by atoms with Crippen molar-refractivity contribution in [2.45, 2.75) is 40.5 Å². The Bertz CT molecular complexity index is 469. The average Bonchev–Trinajstić information content (AvgIpc) is 2.62. The normalized spacial score (nSPS) is 11.6. The molecule has 6 nitrogen and oxygen atoms in total. The maximum absolute atomic E-state index is 11.7. The SMILES string of the molecule is CC(C)Cc1nnc(NC(=O)CC(C)(C)C(=O)O)s1. The number of aromatic nitrogens is 2. The van der Waals surface area contributed by atoms with Gasteiger partial charge in [0.25, 0.3) is 0 Å². The zero-order chi connectivity index (χ0) is 14.6. The van der Waals surface area contributed by atoms with Gasteiger partial charge in [0.05, 0.1) is 5.41 Å². The third-order valence-electron chi connectivity index (χ3n) is 2.48. The molecule has 0 aliphatic heterocycles. The van der Waals surface area contributed by atoms with Crippen molar-refractivity contribution in [2.75, 3.05) is 5.32 Å². The second-order valence-corrected chi connectivity index (χ2v) is 6.57. The third-order valence-corrected chi connectivity index (χ3v) is 3.34. The van der Waals surface area contributed by atoms with Gasteiger partial charge in [-0.15, -0.1) is 10.2 Å². The first-order chi connectivity index (χ1) is 8.70. The molecule has 106 valence electrons. The fourth-order valence-electron chi connectivity index (χ4n) is 1.38. The van der Waals surface area contributed by atoms with Crippen molar-refractivity contribution in [2.24, 2.45) is 11.3 Å². The topological polar surface area (TPSA) is 92.2 Å². The Morgan fingerprint density at radius 3 is 2.53 bits per heavy atom. The number of amides is 1. The summed E-state index contributed by atoms with van der Waals surface area (Å²) in [5, 5.41) is 20.7. The van der Waals surface area contributed by atoms with E-state index in [0.29, 0.717) is 11.0 Å². The Kier molecular flexibility index (Phi) is 4.99. The highest BCUT2D eigenvalue weighted by Gasteiger charge is 2.30. The summed E-state index contributed by atoms with van der Waals surface area (Å²) in [4.78, 5) is 22.7. The van der Waals surface area contributed by atoms with Crippen LogP contribution in [0.2, 0.25) is 0 Å². The fraction of sp³-hybridized carbons (Fsp3) is 0.667. The number of rotatable bonds is 6. The monoisotopic (exact) mass is 285 g/mol. The van der Waals surface area contributed by atoms with Gasteiger partial charge in [-0.3, -0.25) is 9.59 Å². The molecule has 0 atom stereocenters. The van der Waals surface area contributed by atoms with E-state index < -0.39 is 11.4 Å². The van der Waals surface area contributed by atoms with Crippen LogP contribution in [-0.2, 0) is 16.0 Å². The van der Waals surface area contributed by atoms with Crippen LogP contribution in [0, 0.1) is 11.3 Å². The molecule has 7 heteroatoms. The van der Waals surface area contributed by atoms with E-state index in [2.05, 4.69) is 29.4 Å². The number of anilines is 1. The molecule has 1 aromatic rings. The molecular weight excluding hydrogens is 266 g/mol. The van der Waals surface area contributed by atoms with Gasteiger partial charge in [-0.05, 0) is 19.8 Å². The molecule has 2 N–H and O–H groups in total. The number of hydrogen-bond acceptors (Lipinski definition) is 5. The maximum Gasteiger partial charge on any atom is 0.309 e. The van der Waals surface area contributed by atoms with Crippen molar-refractivity contribution >= 4 is 28.3 Å². The van der Waals surface area contributed by atoms with Crippen LogP contribution in [0.1, 0.15) is 39.1 Å². The molecule has 0 unspecified atom stereocenters. The van der Waals surface area contributed by atoms with Crippen molar-refractivity contribution < 1.29 is 14.7 Å². The van der Waals surface area contributed by atoms with E-state index in [1.807, 2.05) is 0 Å². The lowest BCUT2D eigenvalue weighted by Gasteiger charge is -2.17. The van der Waals surface area contributed by atoms with Crippen molar-refractivity contribution in [3.05, 3.63) is 5.01 Å². The van der Waals surface area contributed by atoms with Gasteiger partial charge in [-0.1, -0.05) is 25.2 Å². The number of carboxylic acid groups (broad SMARTS) is 1. The minimum atomic E-state index is -1.09. The van der Waals surface area contributed by atoms with Gasteiger partial charge in [0, 0.05) is 12.8 Å². The Balaban J connectivity index is 2.58. The van der Waals surface area contributed by atoms with Crippen molar-refractivity contribution in [3.8, 4) is 0 Å². The number of aliphatic carboxylic acids is 1. The minimum Gasteiger partial charge on any atom is -0.481 e. The average molecular weight is 285 g/mol. The van der Waals surface area contributed by atoms with Crippen LogP contribution in [0.15, 0.2) is 0 Å². The maximum atomic E-state index is 11.7. The second-order valence-electron chi connectivity index (χ2n) is 5.51. The van der Waals surface area contributed by atoms with Crippen LogP contribution in [0.5, 0.6) is 0 Å². The zero-order valence-electron chi connectivity index (χ0n) is 11.6. The van der Waals surface area contributed by atoms with E-state index >= 15 is 0 Å². The van der Waals surface area contributed by atoms with Gasteiger partial charge in [0.15, 0.2) is 0 Å². The Morgan fingerprint density at radius 2 is 2.00 bits per heavy atom. The van der Waals surface area contributed by atoms with E-state index in [9.17, 15) is 9.59 Å². The summed E-state index contributed by atoms with van der Waals surface area (Å²) in [6.07, 6.45) is 0.718. The van der Waals surface area contributed by atoms with Gasteiger partial charge in [0.1, 0.15) is 5.01 Å². The molecule has 1 rings (SSSR count). The van der Waals surface area contributed by atoms with Crippen LogP contribution >= 0.6 is 11.3 Å². The largest absolute Gasteiger partial charge is 0.481 e. The summed E-state index contributed by atoms with van der Waals surface area (Å²) in [5.41, 5.74) is -1.09. The second kappa shape index (κ2) is 6.10. The number of hydrogen-bond donors (Lipinski definition) is 2. The highest BCUT2D eigenvalue weighted by molar-refractivity contribution is 7.15. The Hall–Kier alpha value is -1.50. The number of carbonyl (C=O) groups is 2. The Labute approximate surface area is 116 Å². The molecule has 1 amide bonds. The lowest BCUT2D eigenvalue weighted by Crippen LogP contribution is -2.29.